The lowest BCUT2D eigenvalue weighted by molar-refractivity contribution is 0.670. The maximum Gasteiger partial charge on any atom is 0.143 e. The third-order valence-electron chi connectivity index (χ3n) is 13.2. The molecule has 13 aromatic rings. The van der Waals surface area contributed by atoms with Crippen molar-refractivity contribution in [3.05, 3.63) is 243 Å². The van der Waals surface area contributed by atoms with E-state index >= 15 is 0 Å². The molecule has 0 saturated carbocycles. The van der Waals surface area contributed by atoms with Gasteiger partial charge in [0.05, 0.1) is 28.1 Å². The van der Waals surface area contributed by atoms with Crippen LogP contribution in [0.4, 0.5) is 17.1 Å². The summed E-state index contributed by atoms with van der Waals surface area (Å²) < 4.78 is 8.95. The van der Waals surface area contributed by atoms with Gasteiger partial charge in [0.25, 0.3) is 0 Å². The van der Waals surface area contributed by atoms with E-state index in [-0.39, 0.29) is 0 Å². The first-order valence-electron chi connectivity index (χ1n) is 22.3. The molecule has 0 aliphatic rings. The zero-order valence-electron chi connectivity index (χ0n) is 35.4. The zero-order valence-corrected chi connectivity index (χ0v) is 35.4. The highest BCUT2D eigenvalue weighted by Crippen LogP contribution is 2.47. The van der Waals surface area contributed by atoms with Crippen molar-refractivity contribution in [3.63, 3.8) is 0 Å². The quantitative estimate of drug-likeness (QED) is 0.149. The summed E-state index contributed by atoms with van der Waals surface area (Å²) >= 11 is 0. The van der Waals surface area contributed by atoms with Crippen LogP contribution in [0.15, 0.2) is 247 Å². The minimum absolute atomic E-state index is 0.897. The van der Waals surface area contributed by atoms with Gasteiger partial charge in [-0.25, -0.2) is 0 Å². The fraction of sp³-hybridized carbons (Fsp3) is 0. The van der Waals surface area contributed by atoms with Crippen molar-refractivity contribution in [2.75, 3.05) is 4.90 Å². The highest BCUT2D eigenvalue weighted by Gasteiger charge is 2.23. The number of hydrogen-bond donors (Lipinski definition) is 0. The van der Waals surface area contributed by atoms with Crippen molar-refractivity contribution in [2.45, 2.75) is 0 Å². The van der Waals surface area contributed by atoms with Crippen LogP contribution in [0.3, 0.4) is 0 Å². The van der Waals surface area contributed by atoms with Gasteiger partial charge >= 0.3 is 0 Å². The first-order chi connectivity index (χ1) is 32.3. The lowest BCUT2D eigenvalue weighted by Crippen LogP contribution is -2.13. The number of benzene rings is 11. The van der Waals surface area contributed by atoms with Gasteiger partial charge in [-0.2, -0.15) is 0 Å². The topological polar surface area (TPSA) is 21.3 Å². The fourth-order valence-corrected chi connectivity index (χ4v) is 10.2. The minimum Gasteiger partial charge on any atom is -0.455 e. The van der Waals surface area contributed by atoms with Gasteiger partial charge in [-0.3, -0.25) is 0 Å². The number of nitrogens with zero attached hydrogens (tertiary/aromatic N) is 2. The molecule has 11 aromatic carbocycles. The Kier molecular flexibility index (Phi) is 8.53. The van der Waals surface area contributed by atoms with Crippen molar-refractivity contribution in [3.8, 4) is 39.1 Å². The van der Waals surface area contributed by atoms with Crippen LogP contribution in [0.2, 0.25) is 0 Å². The van der Waals surface area contributed by atoms with Crippen molar-refractivity contribution in [1.29, 1.82) is 0 Å². The number of aromatic nitrogens is 1. The van der Waals surface area contributed by atoms with Gasteiger partial charge < -0.3 is 13.9 Å². The van der Waals surface area contributed by atoms with E-state index in [1.54, 1.807) is 0 Å². The van der Waals surface area contributed by atoms with E-state index in [2.05, 4.69) is 240 Å². The average Bonchev–Trinajstić information content (AvgIpc) is 3.93. The van der Waals surface area contributed by atoms with Crippen LogP contribution in [0.5, 0.6) is 0 Å². The molecule has 2 aromatic heterocycles. The summed E-state index contributed by atoms with van der Waals surface area (Å²) in [6.45, 7) is 0. The highest BCUT2D eigenvalue weighted by atomic mass is 16.3. The summed E-state index contributed by atoms with van der Waals surface area (Å²) in [5, 5.41) is 9.71. The molecule has 0 aliphatic carbocycles. The van der Waals surface area contributed by atoms with E-state index < -0.39 is 0 Å². The van der Waals surface area contributed by atoms with E-state index in [4.69, 9.17) is 4.42 Å². The zero-order chi connectivity index (χ0) is 42.8. The van der Waals surface area contributed by atoms with Gasteiger partial charge in [-0.05, 0) is 87.3 Å². The van der Waals surface area contributed by atoms with Crippen molar-refractivity contribution >= 4 is 82.4 Å². The van der Waals surface area contributed by atoms with Crippen LogP contribution in [-0.2, 0) is 0 Å². The van der Waals surface area contributed by atoms with E-state index in [9.17, 15) is 0 Å². The van der Waals surface area contributed by atoms with Crippen LogP contribution >= 0.6 is 0 Å². The third kappa shape index (κ3) is 5.97. The summed E-state index contributed by atoms with van der Waals surface area (Å²) in [6, 6.07) is 87.8. The molecule has 0 N–H and O–H groups in total. The van der Waals surface area contributed by atoms with Crippen LogP contribution in [-0.4, -0.2) is 4.57 Å². The van der Waals surface area contributed by atoms with Crippen LogP contribution in [0.1, 0.15) is 0 Å². The van der Waals surface area contributed by atoms with Gasteiger partial charge in [0, 0.05) is 49.5 Å². The number of furan rings is 1. The van der Waals surface area contributed by atoms with Gasteiger partial charge in [-0.15, -0.1) is 0 Å². The molecule has 0 unspecified atom stereocenters. The SMILES string of the molecule is c1ccc(N(c2ccc(-c3cccc4c3oc3ccccc34)cc2)c2ccccc2-c2ccccc2-n2c3ccccc3c3ccccc32)c(-c2ccc3c(ccc4ccccc43)c2)c1. The number of anilines is 3. The Morgan fingerprint density at radius 2 is 0.862 bits per heavy atom. The lowest BCUT2D eigenvalue weighted by atomic mass is 9.95. The summed E-state index contributed by atoms with van der Waals surface area (Å²) in [5.41, 5.74) is 15.2. The average molecular weight is 829 g/mol. The second-order valence-electron chi connectivity index (χ2n) is 16.8. The molecular formula is C62H40N2O. The molecule has 0 bridgehead atoms. The lowest BCUT2D eigenvalue weighted by Gasteiger charge is -2.30. The van der Waals surface area contributed by atoms with Crippen molar-refractivity contribution < 1.29 is 4.42 Å². The van der Waals surface area contributed by atoms with E-state index in [0.717, 1.165) is 78.1 Å². The van der Waals surface area contributed by atoms with Gasteiger partial charge in [-0.1, -0.05) is 188 Å². The molecule has 0 fully saturated rings. The largest absolute Gasteiger partial charge is 0.455 e. The van der Waals surface area contributed by atoms with Crippen LogP contribution < -0.4 is 4.90 Å². The third-order valence-corrected chi connectivity index (χ3v) is 13.2. The fourth-order valence-electron chi connectivity index (χ4n) is 10.2. The maximum absolute atomic E-state index is 6.52. The predicted octanol–water partition coefficient (Wildman–Crippen LogP) is 17.5. The Labute approximate surface area is 376 Å². The Morgan fingerprint density at radius 3 is 1.65 bits per heavy atom. The second kappa shape index (κ2) is 15.0. The molecule has 0 radical (unpaired) electrons. The minimum atomic E-state index is 0.897. The second-order valence-corrected chi connectivity index (χ2v) is 16.8. The molecule has 3 heteroatoms. The maximum atomic E-state index is 6.52. The molecule has 0 atom stereocenters. The van der Waals surface area contributed by atoms with E-state index in [1.165, 1.54) is 43.4 Å². The molecule has 0 spiro atoms. The molecule has 65 heavy (non-hydrogen) atoms. The van der Waals surface area contributed by atoms with Crippen LogP contribution in [0, 0.1) is 0 Å². The number of fused-ring (bicyclic) bond motifs is 9. The summed E-state index contributed by atoms with van der Waals surface area (Å²) in [5.74, 6) is 0. The number of rotatable bonds is 7. The summed E-state index contributed by atoms with van der Waals surface area (Å²) in [6.07, 6.45) is 0. The molecule has 3 nitrogen and oxygen atoms in total. The molecule has 0 aliphatic heterocycles. The summed E-state index contributed by atoms with van der Waals surface area (Å²) in [4.78, 5) is 2.45. The Morgan fingerprint density at radius 1 is 0.323 bits per heavy atom. The Balaban J connectivity index is 1.02. The molecule has 13 rings (SSSR count). The molecule has 0 amide bonds. The number of hydrogen-bond acceptors (Lipinski definition) is 2. The molecule has 2 heterocycles. The van der Waals surface area contributed by atoms with Gasteiger partial charge in [0.2, 0.25) is 0 Å². The van der Waals surface area contributed by atoms with Gasteiger partial charge in [0.15, 0.2) is 0 Å². The van der Waals surface area contributed by atoms with Gasteiger partial charge in [0.1, 0.15) is 11.2 Å². The summed E-state index contributed by atoms with van der Waals surface area (Å²) in [7, 11) is 0. The van der Waals surface area contributed by atoms with E-state index in [1.807, 2.05) is 12.1 Å². The Hall–Kier alpha value is -8.66. The van der Waals surface area contributed by atoms with Crippen LogP contribution in [0.25, 0.3) is 104 Å². The van der Waals surface area contributed by atoms with Crippen molar-refractivity contribution in [1.82, 2.24) is 4.57 Å². The smallest absolute Gasteiger partial charge is 0.143 e. The monoisotopic (exact) mass is 828 g/mol. The standard InChI is InChI=1S/C62H40N2O/c1-2-17-46-41(16-1)32-33-43-40-44(36-39-47(43)46)48-18-3-9-26-56(48)63(45-37-34-42(35-38-45)49-24-15-25-55-54-23-8-14-31-61(54)65-62(49)55)57-27-10-4-19-50(57)51-20-5-11-28-58(51)64-59-29-12-6-21-52(59)53-22-7-13-30-60(53)64/h1-40H. The molecular weight excluding hydrogens is 789 g/mol. The van der Waals surface area contributed by atoms with Crippen molar-refractivity contribution in [2.24, 2.45) is 0 Å². The first-order valence-corrected chi connectivity index (χ1v) is 22.3. The normalized spacial score (nSPS) is 11.7. The first kappa shape index (κ1) is 36.9. The van der Waals surface area contributed by atoms with E-state index in [0.29, 0.717) is 0 Å². The predicted molar refractivity (Wildman–Crippen MR) is 274 cm³/mol. The number of para-hydroxylation sites is 7. The Bertz CT molecular complexity index is 3910. The molecule has 0 saturated heterocycles. The molecule has 304 valence electrons. The highest BCUT2D eigenvalue weighted by molar-refractivity contribution is 6.12.